The number of nitrogens with zero attached hydrogens (tertiary/aromatic N) is 1. The number of nitrogens with one attached hydrogen (secondary N) is 2. The molecule has 2 N–H and O–H groups in total. The lowest BCUT2D eigenvalue weighted by Gasteiger charge is -2.29. The second-order valence-electron chi connectivity index (χ2n) is 8.06. The fraction of sp³-hybridized carbons (Fsp3) is 0.318. The summed E-state index contributed by atoms with van der Waals surface area (Å²) in [5.74, 6) is -0.940. The molecule has 3 amide bonds. The quantitative estimate of drug-likeness (QED) is 0.692. The summed E-state index contributed by atoms with van der Waals surface area (Å²) in [7, 11) is -3.86. The number of imide groups is 1. The smallest absolute Gasteiger partial charge is 0.261 e. The maximum absolute atomic E-state index is 12.9. The summed E-state index contributed by atoms with van der Waals surface area (Å²) in [6, 6.07) is 10.7. The highest BCUT2D eigenvalue weighted by Gasteiger charge is 2.40. The molecule has 0 bridgehead atoms. The van der Waals surface area contributed by atoms with E-state index in [0.717, 1.165) is 5.56 Å². The van der Waals surface area contributed by atoms with Crippen LogP contribution < -0.4 is 10.0 Å². The number of hydrogen-bond acceptors (Lipinski definition) is 5. The van der Waals surface area contributed by atoms with E-state index in [0.29, 0.717) is 16.8 Å². The topological polar surface area (TPSA) is 113 Å². The third-order valence-corrected chi connectivity index (χ3v) is 7.06. The van der Waals surface area contributed by atoms with Crippen LogP contribution in [0.3, 0.4) is 0 Å². The van der Waals surface area contributed by atoms with Crippen molar-refractivity contribution in [3.05, 3.63) is 59.2 Å². The van der Waals surface area contributed by atoms with Gasteiger partial charge in [0, 0.05) is 24.1 Å². The van der Waals surface area contributed by atoms with Gasteiger partial charge in [0.25, 0.3) is 15.9 Å². The maximum Gasteiger partial charge on any atom is 0.261 e. The molecular formula is C22H23N3O5S. The molecule has 1 saturated heterocycles. The Morgan fingerprint density at radius 2 is 1.77 bits per heavy atom. The standard InChI is InChI=1S/C22H23N3O5S/c1-13(2)14-6-8-15(9-7-14)31(29,30)24-18-5-3-4-16-17(18)12-25(22(16)28)19-10-11-20(26)23-21(19)27/h3-9,13,19,24H,10-12H2,1-2H3,(H,23,26,27). The van der Waals surface area contributed by atoms with Gasteiger partial charge in [0.1, 0.15) is 6.04 Å². The number of hydrogen-bond donors (Lipinski definition) is 2. The van der Waals surface area contributed by atoms with Crippen molar-refractivity contribution in [1.29, 1.82) is 0 Å². The van der Waals surface area contributed by atoms with Crippen molar-refractivity contribution in [2.24, 2.45) is 0 Å². The average Bonchev–Trinajstić information content (AvgIpc) is 3.05. The fourth-order valence-electron chi connectivity index (χ4n) is 3.92. The molecule has 0 aromatic heterocycles. The van der Waals surface area contributed by atoms with Crippen LogP contribution in [0.15, 0.2) is 47.4 Å². The predicted octanol–water partition coefficient (Wildman–Crippen LogP) is 2.37. The molecule has 0 spiro atoms. The van der Waals surface area contributed by atoms with Crippen LogP contribution in [0.25, 0.3) is 0 Å². The van der Waals surface area contributed by atoms with Crippen molar-refractivity contribution in [2.75, 3.05) is 4.72 Å². The molecule has 8 nitrogen and oxygen atoms in total. The molecule has 0 radical (unpaired) electrons. The van der Waals surface area contributed by atoms with Crippen LogP contribution in [-0.4, -0.2) is 37.1 Å². The fourth-order valence-corrected chi connectivity index (χ4v) is 5.01. The van der Waals surface area contributed by atoms with Crippen LogP contribution in [-0.2, 0) is 26.2 Å². The lowest BCUT2D eigenvalue weighted by molar-refractivity contribution is -0.136. The van der Waals surface area contributed by atoms with Crippen molar-refractivity contribution in [3.63, 3.8) is 0 Å². The Morgan fingerprint density at radius 1 is 1.06 bits per heavy atom. The van der Waals surface area contributed by atoms with Gasteiger partial charge in [0.15, 0.2) is 0 Å². The van der Waals surface area contributed by atoms with E-state index in [-0.39, 0.29) is 42.0 Å². The minimum absolute atomic E-state index is 0.0887. The molecule has 2 heterocycles. The monoisotopic (exact) mass is 441 g/mol. The first-order valence-electron chi connectivity index (χ1n) is 10.1. The highest BCUT2D eigenvalue weighted by Crippen LogP contribution is 2.33. The largest absolute Gasteiger partial charge is 0.322 e. The zero-order chi connectivity index (χ0) is 22.3. The summed E-state index contributed by atoms with van der Waals surface area (Å²) in [6.45, 7) is 4.14. The highest BCUT2D eigenvalue weighted by molar-refractivity contribution is 7.92. The Balaban J connectivity index is 1.60. The van der Waals surface area contributed by atoms with Crippen LogP contribution >= 0.6 is 0 Å². The molecule has 2 aliphatic heterocycles. The number of sulfonamides is 1. The first-order chi connectivity index (χ1) is 14.7. The molecule has 2 aliphatic rings. The average molecular weight is 442 g/mol. The third kappa shape index (κ3) is 3.93. The number of benzene rings is 2. The molecule has 2 aromatic rings. The molecular weight excluding hydrogens is 418 g/mol. The minimum Gasteiger partial charge on any atom is -0.322 e. The van der Waals surface area contributed by atoms with Gasteiger partial charge >= 0.3 is 0 Å². The van der Waals surface area contributed by atoms with Crippen LogP contribution in [0, 0.1) is 0 Å². The first-order valence-corrected chi connectivity index (χ1v) is 11.5. The summed E-state index contributed by atoms with van der Waals surface area (Å²) >= 11 is 0. The number of carbonyl (C=O) groups excluding carboxylic acids is 3. The van der Waals surface area contributed by atoms with Crippen LogP contribution in [0.1, 0.15) is 54.1 Å². The normalized spacial score (nSPS) is 18.9. The summed E-state index contributed by atoms with van der Waals surface area (Å²) < 4.78 is 28.4. The number of amides is 3. The van der Waals surface area contributed by atoms with E-state index in [2.05, 4.69) is 10.0 Å². The summed E-state index contributed by atoms with van der Waals surface area (Å²) in [6.07, 6.45) is 0.399. The first kappa shape index (κ1) is 21.0. The highest BCUT2D eigenvalue weighted by atomic mass is 32.2. The van der Waals surface area contributed by atoms with Crippen LogP contribution in [0.4, 0.5) is 5.69 Å². The van der Waals surface area contributed by atoms with Crippen molar-refractivity contribution in [2.45, 2.75) is 50.1 Å². The van der Waals surface area contributed by atoms with E-state index in [1.54, 1.807) is 42.5 Å². The zero-order valence-electron chi connectivity index (χ0n) is 17.2. The van der Waals surface area contributed by atoms with Crippen molar-refractivity contribution in [3.8, 4) is 0 Å². The van der Waals surface area contributed by atoms with Gasteiger partial charge in [-0.3, -0.25) is 24.4 Å². The molecule has 2 aromatic carbocycles. The summed E-state index contributed by atoms with van der Waals surface area (Å²) in [4.78, 5) is 38.1. The maximum atomic E-state index is 12.9. The van der Waals surface area contributed by atoms with E-state index in [1.165, 1.54) is 4.90 Å². The number of anilines is 1. The van der Waals surface area contributed by atoms with Crippen LogP contribution in [0.5, 0.6) is 0 Å². The Bertz CT molecular complexity index is 1170. The van der Waals surface area contributed by atoms with E-state index < -0.39 is 22.0 Å². The van der Waals surface area contributed by atoms with Gasteiger partial charge in [0.2, 0.25) is 11.8 Å². The molecule has 1 atom stereocenters. The Labute approximate surface area is 180 Å². The Kier molecular flexibility index (Phi) is 5.30. The number of carbonyl (C=O) groups is 3. The SMILES string of the molecule is CC(C)c1ccc(S(=O)(=O)Nc2cccc3c2CN(C2CCC(=O)NC2=O)C3=O)cc1. The Morgan fingerprint density at radius 3 is 2.42 bits per heavy atom. The molecule has 31 heavy (non-hydrogen) atoms. The van der Waals surface area contributed by atoms with Gasteiger partial charge in [-0.2, -0.15) is 0 Å². The molecule has 0 aliphatic carbocycles. The van der Waals surface area contributed by atoms with E-state index in [1.807, 2.05) is 13.8 Å². The molecule has 4 rings (SSSR count). The van der Waals surface area contributed by atoms with E-state index >= 15 is 0 Å². The molecule has 162 valence electrons. The van der Waals surface area contributed by atoms with E-state index in [4.69, 9.17) is 0 Å². The second-order valence-corrected chi connectivity index (χ2v) is 9.74. The van der Waals surface area contributed by atoms with Crippen molar-refractivity contribution >= 4 is 33.4 Å². The second kappa shape index (κ2) is 7.81. The molecule has 9 heteroatoms. The van der Waals surface area contributed by atoms with Gasteiger partial charge in [-0.15, -0.1) is 0 Å². The minimum atomic E-state index is -3.86. The lowest BCUT2D eigenvalue weighted by Crippen LogP contribution is -2.52. The van der Waals surface area contributed by atoms with E-state index in [9.17, 15) is 22.8 Å². The number of rotatable bonds is 5. The molecule has 1 fully saturated rings. The molecule has 1 unspecified atom stereocenters. The summed E-state index contributed by atoms with van der Waals surface area (Å²) in [5.41, 5.74) is 2.19. The van der Waals surface area contributed by atoms with Crippen molar-refractivity contribution in [1.82, 2.24) is 10.2 Å². The summed E-state index contributed by atoms with van der Waals surface area (Å²) in [5, 5.41) is 2.26. The lowest BCUT2D eigenvalue weighted by atomic mass is 10.0. The number of piperidine rings is 1. The number of fused-ring (bicyclic) bond motifs is 1. The van der Waals surface area contributed by atoms with Gasteiger partial charge in [-0.1, -0.05) is 32.0 Å². The van der Waals surface area contributed by atoms with Crippen molar-refractivity contribution < 1.29 is 22.8 Å². The van der Waals surface area contributed by atoms with Gasteiger partial charge in [-0.05, 0) is 42.2 Å². The van der Waals surface area contributed by atoms with Gasteiger partial charge in [0.05, 0.1) is 10.6 Å². The van der Waals surface area contributed by atoms with Crippen LogP contribution in [0.2, 0.25) is 0 Å². The van der Waals surface area contributed by atoms with Gasteiger partial charge in [-0.25, -0.2) is 8.42 Å². The van der Waals surface area contributed by atoms with Gasteiger partial charge < -0.3 is 4.90 Å². The Hall–Kier alpha value is -3.20. The third-order valence-electron chi connectivity index (χ3n) is 5.68. The zero-order valence-corrected chi connectivity index (χ0v) is 18.0. The molecule has 0 saturated carbocycles. The predicted molar refractivity (Wildman–Crippen MR) is 114 cm³/mol.